The van der Waals surface area contributed by atoms with Gasteiger partial charge in [-0.3, -0.25) is 13.9 Å². The molecule has 2 aromatic rings. The summed E-state index contributed by atoms with van der Waals surface area (Å²) in [5, 5.41) is 3.35. The summed E-state index contributed by atoms with van der Waals surface area (Å²) in [4.78, 5) is 28.4. The Labute approximate surface area is 224 Å². The summed E-state index contributed by atoms with van der Waals surface area (Å²) in [6.07, 6.45) is 1.31. The Hall–Kier alpha value is -2.98. The molecule has 0 aliphatic carbocycles. The molecule has 1 N–H and O–H groups in total. The SMILES string of the molecule is CC[C@@H](C(=O)NC(C)(C)C)N(Cc1ccccc1Cl)C(=O)CN(c1ccc(OC)cc1OC)S(C)(=O)=O. The second-order valence-corrected chi connectivity index (χ2v) is 11.9. The molecule has 9 nitrogen and oxygen atoms in total. The van der Waals surface area contributed by atoms with Crippen LogP contribution < -0.4 is 19.1 Å². The molecule has 0 aliphatic heterocycles. The fraction of sp³-hybridized carbons (Fsp3) is 0.462. The van der Waals surface area contributed by atoms with Gasteiger partial charge in [-0.2, -0.15) is 0 Å². The molecule has 2 aromatic carbocycles. The lowest BCUT2D eigenvalue weighted by Crippen LogP contribution is -2.55. The Bertz CT molecular complexity index is 1210. The van der Waals surface area contributed by atoms with E-state index in [2.05, 4.69) is 5.32 Å². The van der Waals surface area contributed by atoms with Gasteiger partial charge in [0.1, 0.15) is 24.1 Å². The molecule has 0 spiro atoms. The summed E-state index contributed by atoms with van der Waals surface area (Å²) in [5.41, 5.74) is 0.273. The van der Waals surface area contributed by atoms with Gasteiger partial charge in [0.25, 0.3) is 0 Å². The first kappa shape index (κ1) is 30.2. The van der Waals surface area contributed by atoms with Crippen LogP contribution in [0.25, 0.3) is 0 Å². The van der Waals surface area contributed by atoms with Crippen molar-refractivity contribution in [3.8, 4) is 11.5 Å². The summed E-state index contributed by atoms with van der Waals surface area (Å²) in [5.74, 6) is -0.235. The van der Waals surface area contributed by atoms with Crippen LogP contribution in [0.15, 0.2) is 42.5 Å². The van der Waals surface area contributed by atoms with Crippen molar-refractivity contribution >= 4 is 39.1 Å². The molecule has 204 valence electrons. The quantitative estimate of drug-likeness (QED) is 0.453. The van der Waals surface area contributed by atoms with E-state index in [1.54, 1.807) is 37.3 Å². The third-order valence-electron chi connectivity index (χ3n) is 5.52. The van der Waals surface area contributed by atoms with Crippen LogP contribution >= 0.6 is 11.6 Å². The Balaban J connectivity index is 2.54. The summed E-state index contributed by atoms with van der Waals surface area (Å²) in [7, 11) is -1.05. The number of carbonyl (C=O) groups is 2. The van der Waals surface area contributed by atoms with Crippen LogP contribution in [0.1, 0.15) is 39.7 Å². The van der Waals surface area contributed by atoms with Gasteiger partial charge < -0.3 is 19.7 Å². The maximum Gasteiger partial charge on any atom is 0.244 e. The van der Waals surface area contributed by atoms with E-state index in [1.165, 1.54) is 31.3 Å². The minimum atomic E-state index is -3.92. The monoisotopic (exact) mass is 553 g/mol. The zero-order valence-corrected chi connectivity index (χ0v) is 23.9. The van der Waals surface area contributed by atoms with E-state index < -0.39 is 34.1 Å². The van der Waals surface area contributed by atoms with Crippen LogP contribution in [0.5, 0.6) is 11.5 Å². The van der Waals surface area contributed by atoms with Crippen molar-refractivity contribution in [3.05, 3.63) is 53.1 Å². The molecule has 0 aromatic heterocycles. The molecular formula is C26H36ClN3O6S. The van der Waals surface area contributed by atoms with Crippen molar-refractivity contribution in [1.82, 2.24) is 10.2 Å². The van der Waals surface area contributed by atoms with Gasteiger partial charge in [0, 0.05) is 23.2 Å². The van der Waals surface area contributed by atoms with Gasteiger partial charge in [0.2, 0.25) is 21.8 Å². The van der Waals surface area contributed by atoms with E-state index in [-0.39, 0.29) is 23.9 Å². The number of halogens is 1. The number of methoxy groups -OCH3 is 2. The summed E-state index contributed by atoms with van der Waals surface area (Å²) in [6.45, 7) is 6.80. The molecule has 0 radical (unpaired) electrons. The Morgan fingerprint density at radius 2 is 1.73 bits per heavy atom. The van der Waals surface area contributed by atoms with E-state index in [0.29, 0.717) is 22.8 Å². The summed E-state index contributed by atoms with van der Waals surface area (Å²) in [6, 6.07) is 10.8. The van der Waals surface area contributed by atoms with Crippen LogP contribution in [0.2, 0.25) is 5.02 Å². The van der Waals surface area contributed by atoms with E-state index in [1.807, 2.05) is 20.8 Å². The number of ether oxygens (including phenoxy) is 2. The van der Waals surface area contributed by atoms with Gasteiger partial charge in [-0.05, 0) is 51.0 Å². The highest BCUT2D eigenvalue weighted by Crippen LogP contribution is 2.34. The number of hydrogen-bond acceptors (Lipinski definition) is 6. The first-order valence-electron chi connectivity index (χ1n) is 11.8. The van der Waals surface area contributed by atoms with Gasteiger partial charge >= 0.3 is 0 Å². The second-order valence-electron chi connectivity index (χ2n) is 9.58. The fourth-order valence-corrected chi connectivity index (χ4v) is 4.82. The molecule has 0 saturated heterocycles. The Kier molecular flexibility index (Phi) is 10.2. The van der Waals surface area contributed by atoms with E-state index in [9.17, 15) is 18.0 Å². The van der Waals surface area contributed by atoms with Crippen molar-refractivity contribution in [2.75, 3.05) is 31.3 Å². The van der Waals surface area contributed by atoms with Gasteiger partial charge in [-0.25, -0.2) is 8.42 Å². The molecule has 0 saturated carbocycles. The van der Waals surface area contributed by atoms with Gasteiger partial charge in [-0.1, -0.05) is 36.7 Å². The minimum absolute atomic E-state index is 0.0198. The first-order valence-corrected chi connectivity index (χ1v) is 14.0. The lowest BCUT2D eigenvalue weighted by atomic mass is 10.1. The molecule has 0 fully saturated rings. The molecule has 37 heavy (non-hydrogen) atoms. The fourth-order valence-electron chi connectivity index (χ4n) is 3.77. The van der Waals surface area contributed by atoms with Crippen LogP contribution in [0, 0.1) is 0 Å². The maximum absolute atomic E-state index is 13.8. The predicted octanol–water partition coefficient (Wildman–Crippen LogP) is 3.85. The maximum atomic E-state index is 13.8. The van der Waals surface area contributed by atoms with Crippen molar-refractivity contribution in [1.29, 1.82) is 0 Å². The van der Waals surface area contributed by atoms with Crippen molar-refractivity contribution in [2.24, 2.45) is 0 Å². The van der Waals surface area contributed by atoms with Crippen LogP contribution in [0.4, 0.5) is 5.69 Å². The minimum Gasteiger partial charge on any atom is -0.497 e. The third kappa shape index (κ3) is 8.26. The van der Waals surface area contributed by atoms with E-state index in [0.717, 1.165) is 10.6 Å². The number of rotatable bonds is 11. The summed E-state index contributed by atoms with van der Waals surface area (Å²) >= 11 is 6.38. The third-order valence-corrected chi connectivity index (χ3v) is 7.01. The number of nitrogens with zero attached hydrogens (tertiary/aromatic N) is 2. The average molecular weight is 554 g/mol. The molecule has 0 heterocycles. The normalized spacial score (nSPS) is 12.4. The number of hydrogen-bond donors (Lipinski definition) is 1. The smallest absolute Gasteiger partial charge is 0.244 e. The van der Waals surface area contributed by atoms with Crippen LogP contribution in [-0.4, -0.2) is 63.7 Å². The molecular weight excluding hydrogens is 518 g/mol. The Morgan fingerprint density at radius 3 is 2.24 bits per heavy atom. The topological polar surface area (TPSA) is 105 Å². The lowest BCUT2D eigenvalue weighted by molar-refractivity contribution is -0.141. The highest BCUT2D eigenvalue weighted by Gasteiger charge is 2.34. The van der Waals surface area contributed by atoms with Crippen molar-refractivity contribution in [2.45, 2.75) is 52.2 Å². The number of carbonyl (C=O) groups excluding carboxylic acids is 2. The van der Waals surface area contributed by atoms with Crippen LogP contribution in [0.3, 0.4) is 0 Å². The van der Waals surface area contributed by atoms with Crippen molar-refractivity contribution < 1.29 is 27.5 Å². The summed E-state index contributed by atoms with van der Waals surface area (Å²) < 4.78 is 37.3. The number of benzene rings is 2. The number of anilines is 1. The second kappa shape index (κ2) is 12.5. The molecule has 2 rings (SSSR count). The van der Waals surface area contributed by atoms with Gasteiger partial charge in [0.05, 0.1) is 26.2 Å². The zero-order valence-electron chi connectivity index (χ0n) is 22.4. The van der Waals surface area contributed by atoms with Gasteiger partial charge in [-0.15, -0.1) is 0 Å². The average Bonchev–Trinajstić information content (AvgIpc) is 2.81. The van der Waals surface area contributed by atoms with Gasteiger partial charge in [0.15, 0.2) is 0 Å². The molecule has 0 aliphatic rings. The number of nitrogens with one attached hydrogen (secondary N) is 1. The zero-order chi connectivity index (χ0) is 28.0. The van der Waals surface area contributed by atoms with Crippen LogP contribution in [-0.2, 0) is 26.2 Å². The standard InChI is InChI=1S/C26H36ClN3O6S/c1-8-21(25(32)28-26(2,3)4)29(16-18-11-9-10-12-20(18)27)24(31)17-30(37(7,33)34)22-14-13-19(35-5)15-23(22)36-6/h9-15,21H,8,16-17H2,1-7H3,(H,28,32)/t21-/m0/s1. The molecule has 1 atom stereocenters. The van der Waals surface area contributed by atoms with E-state index >= 15 is 0 Å². The largest absolute Gasteiger partial charge is 0.497 e. The molecule has 2 amide bonds. The highest BCUT2D eigenvalue weighted by molar-refractivity contribution is 7.92. The first-order chi connectivity index (χ1) is 17.2. The van der Waals surface area contributed by atoms with Crippen molar-refractivity contribution in [3.63, 3.8) is 0 Å². The lowest BCUT2D eigenvalue weighted by Gasteiger charge is -2.34. The molecule has 0 bridgehead atoms. The van der Waals surface area contributed by atoms with E-state index in [4.69, 9.17) is 21.1 Å². The highest BCUT2D eigenvalue weighted by atomic mass is 35.5. The predicted molar refractivity (Wildman–Crippen MR) is 146 cm³/mol. The molecule has 11 heteroatoms. The Morgan fingerprint density at radius 1 is 1.08 bits per heavy atom. The number of sulfonamides is 1. The molecule has 0 unspecified atom stereocenters. The number of amides is 2.